The summed E-state index contributed by atoms with van der Waals surface area (Å²) in [6, 6.07) is 9.80. The first kappa shape index (κ1) is 31.9. The zero-order valence-corrected chi connectivity index (χ0v) is 27.9. The molecule has 2 amide bonds. The van der Waals surface area contributed by atoms with Gasteiger partial charge in [0, 0.05) is 63.8 Å². The van der Waals surface area contributed by atoms with E-state index in [0.717, 1.165) is 61.5 Å². The summed E-state index contributed by atoms with van der Waals surface area (Å²) in [5, 5.41) is 3.40. The van der Waals surface area contributed by atoms with Crippen LogP contribution in [0.5, 0.6) is 0 Å². The molecule has 0 saturated carbocycles. The van der Waals surface area contributed by atoms with Gasteiger partial charge in [-0.2, -0.15) is 0 Å². The second-order valence-electron chi connectivity index (χ2n) is 12.3. The molecule has 6 rings (SSSR count). The van der Waals surface area contributed by atoms with Gasteiger partial charge in [-0.05, 0) is 107 Å². The minimum Gasteiger partial charge on any atom is -0.359 e. The maximum Gasteiger partial charge on any atom is 0.256 e. The Hall–Kier alpha value is -3.11. The molecule has 2 aromatic carbocycles. The summed E-state index contributed by atoms with van der Waals surface area (Å²) in [4.78, 5) is 34.4. The van der Waals surface area contributed by atoms with Crippen molar-refractivity contribution in [2.45, 2.75) is 69.1 Å². The fraction of sp³-hybridized carbons (Fsp3) is 0.412. The number of carbonyl (C=O) groups excluding carboxylic acids is 2. The monoisotopic (exact) mass is 668 g/mol. The molecule has 2 fully saturated rings. The van der Waals surface area contributed by atoms with Crippen LogP contribution in [0.15, 0.2) is 41.3 Å². The predicted molar refractivity (Wildman–Crippen MR) is 179 cm³/mol. The van der Waals surface area contributed by atoms with Crippen LogP contribution >= 0.6 is 23.2 Å². The summed E-state index contributed by atoms with van der Waals surface area (Å²) >= 11 is 12.5. The fourth-order valence-corrected chi connectivity index (χ4v) is 9.04. The topological polar surface area (TPSA) is 103 Å². The van der Waals surface area contributed by atoms with Gasteiger partial charge in [-0.1, -0.05) is 29.3 Å². The summed E-state index contributed by atoms with van der Waals surface area (Å²) < 4.78 is 26.8. The van der Waals surface area contributed by atoms with E-state index in [4.69, 9.17) is 23.2 Å². The molecule has 0 unspecified atom stereocenters. The largest absolute Gasteiger partial charge is 0.359 e. The number of hydrogen-bond donors (Lipinski definition) is 2. The number of rotatable bonds is 9. The number of aromatic nitrogens is 1. The molecule has 8 nitrogen and oxygen atoms in total. The number of likely N-dealkylation sites (tertiary alicyclic amines) is 2. The third kappa shape index (κ3) is 6.59. The number of aryl methyl sites for hydroxylation is 1. The molecule has 0 spiro atoms. The zero-order valence-electron chi connectivity index (χ0n) is 25.6. The molecular formula is C34H38Cl2N4O4S. The lowest BCUT2D eigenvalue weighted by molar-refractivity contribution is -0.132. The summed E-state index contributed by atoms with van der Waals surface area (Å²) in [5.74, 6) is -0.472. The van der Waals surface area contributed by atoms with Crippen molar-refractivity contribution in [2.75, 3.05) is 31.5 Å². The molecule has 4 heterocycles. The molecule has 3 aliphatic rings. The molecule has 1 aromatic heterocycles. The fourth-order valence-electron chi connectivity index (χ4n) is 6.92. The standard InChI is InChI=1S/C34H38Cl2N4O4S/c1-21-25(11-13-33(41)40-16-6-7-23(40)19-39-14-3-4-15-39)22(2)37-32(21)18-27-26-17-24(10-12-31(26)38-34(27)42)45(43,44)20-28-29(35)8-5-9-30(28)36/h5,8-10,12,17-18,23,37H,3-4,6-7,11,13-16,19-20H2,1-2H3,(H,38,42)/b27-18-/t23-/m1/s1. The number of carbonyl (C=O) groups is 2. The van der Waals surface area contributed by atoms with Gasteiger partial charge >= 0.3 is 0 Å². The minimum absolute atomic E-state index is 0.0724. The van der Waals surface area contributed by atoms with Crippen molar-refractivity contribution in [3.8, 4) is 0 Å². The van der Waals surface area contributed by atoms with Crippen LogP contribution < -0.4 is 5.32 Å². The Kier molecular flexibility index (Phi) is 9.17. The minimum atomic E-state index is -3.82. The van der Waals surface area contributed by atoms with Gasteiger partial charge in [-0.3, -0.25) is 9.59 Å². The van der Waals surface area contributed by atoms with Crippen LogP contribution in [0.3, 0.4) is 0 Å². The average molecular weight is 670 g/mol. The van der Waals surface area contributed by atoms with E-state index in [-0.39, 0.29) is 32.5 Å². The molecule has 11 heteroatoms. The Labute approximate surface area is 274 Å². The van der Waals surface area contributed by atoms with Crippen LogP contribution in [0.25, 0.3) is 11.6 Å². The van der Waals surface area contributed by atoms with Crippen LogP contribution in [-0.4, -0.2) is 67.2 Å². The first-order valence-electron chi connectivity index (χ1n) is 15.5. The van der Waals surface area contributed by atoms with Crippen LogP contribution in [0.4, 0.5) is 5.69 Å². The van der Waals surface area contributed by atoms with Gasteiger partial charge in [0.05, 0.1) is 16.2 Å². The van der Waals surface area contributed by atoms with Crippen molar-refractivity contribution in [2.24, 2.45) is 0 Å². The third-order valence-corrected chi connectivity index (χ3v) is 11.8. The Morgan fingerprint density at radius 3 is 2.49 bits per heavy atom. The summed E-state index contributed by atoms with van der Waals surface area (Å²) in [6.45, 7) is 8.05. The van der Waals surface area contributed by atoms with E-state index >= 15 is 0 Å². The molecule has 0 bridgehead atoms. The van der Waals surface area contributed by atoms with Crippen LogP contribution in [-0.2, 0) is 31.6 Å². The average Bonchev–Trinajstić information content (AvgIpc) is 3.79. The number of anilines is 1. The number of sulfone groups is 1. The van der Waals surface area contributed by atoms with Gasteiger partial charge in [0.15, 0.2) is 9.84 Å². The lowest BCUT2D eigenvalue weighted by atomic mass is 10.0. The molecule has 0 radical (unpaired) electrons. The Morgan fingerprint density at radius 1 is 1.02 bits per heavy atom. The highest BCUT2D eigenvalue weighted by molar-refractivity contribution is 7.90. The quantitative estimate of drug-likeness (QED) is 0.256. The second kappa shape index (κ2) is 12.9. The first-order valence-corrected chi connectivity index (χ1v) is 18.0. The van der Waals surface area contributed by atoms with Crippen molar-refractivity contribution >= 4 is 62.2 Å². The highest BCUT2D eigenvalue weighted by Crippen LogP contribution is 2.37. The van der Waals surface area contributed by atoms with Crippen molar-refractivity contribution in [3.05, 3.63) is 80.1 Å². The first-order chi connectivity index (χ1) is 21.5. The van der Waals surface area contributed by atoms with Crippen molar-refractivity contribution in [1.29, 1.82) is 0 Å². The van der Waals surface area contributed by atoms with Gasteiger partial charge < -0.3 is 20.1 Å². The Morgan fingerprint density at radius 2 is 1.76 bits per heavy atom. The summed E-state index contributed by atoms with van der Waals surface area (Å²) in [6.07, 6.45) is 7.44. The van der Waals surface area contributed by atoms with Crippen LogP contribution in [0, 0.1) is 13.8 Å². The molecule has 238 valence electrons. The smallest absolute Gasteiger partial charge is 0.256 e. The molecule has 3 aromatic rings. The number of fused-ring (bicyclic) bond motifs is 1. The molecule has 2 N–H and O–H groups in total. The lowest BCUT2D eigenvalue weighted by Gasteiger charge is -2.28. The lowest BCUT2D eigenvalue weighted by Crippen LogP contribution is -2.42. The SMILES string of the molecule is Cc1[nH]c(/C=C2\C(=O)Nc3ccc(S(=O)(=O)Cc4c(Cl)cccc4Cl)cc32)c(C)c1CCC(=O)N1CCC[C@@H]1CN1CCCC1. The van der Waals surface area contributed by atoms with Gasteiger partial charge in [-0.25, -0.2) is 8.42 Å². The molecule has 1 atom stereocenters. The van der Waals surface area contributed by atoms with E-state index in [0.29, 0.717) is 41.3 Å². The van der Waals surface area contributed by atoms with Crippen LogP contribution in [0.2, 0.25) is 10.0 Å². The van der Waals surface area contributed by atoms with Gasteiger partial charge in [0.25, 0.3) is 5.91 Å². The van der Waals surface area contributed by atoms with E-state index in [1.807, 2.05) is 13.8 Å². The van der Waals surface area contributed by atoms with Gasteiger partial charge in [-0.15, -0.1) is 0 Å². The Balaban J connectivity index is 1.20. The predicted octanol–water partition coefficient (Wildman–Crippen LogP) is 6.42. The maximum absolute atomic E-state index is 13.4. The van der Waals surface area contributed by atoms with Crippen LogP contribution in [0.1, 0.15) is 65.7 Å². The number of nitrogens with one attached hydrogen (secondary N) is 2. The Bertz CT molecular complexity index is 1770. The van der Waals surface area contributed by atoms with E-state index in [2.05, 4.69) is 20.1 Å². The number of benzene rings is 2. The van der Waals surface area contributed by atoms with E-state index in [1.54, 1.807) is 30.3 Å². The molecule has 2 saturated heterocycles. The second-order valence-corrected chi connectivity index (χ2v) is 15.1. The van der Waals surface area contributed by atoms with E-state index in [1.165, 1.54) is 25.0 Å². The number of aromatic amines is 1. The maximum atomic E-state index is 13.4. The molecular weight excluding hydrogens is 631 g/mol. The third-order valence-electron chi connectivity index (χ3n) is 9.40. The number of hydrogen-bond acceptors (Lipinski definition) is 5. The summed E-state index contributed by atoms with van der Waals surface area (Å²) in [5.41, 5.74) is 5.51. The van der Waals surface area contributed by atoms with Crippen molar-refractivity contribution in [1.82, 2.24) is 14.8 Å². The van der Waals surface area contributed by atoms with Crippen molar-refractivity contribution < 1.29 is 18.0 Å². The van der Waals surface area contributed by atoms with Gasteiger partial charge in [0.2, 0.25) is 5.91 Å². The highest BCUT2D eigenvalue weighted by atomic mass is 35.5. The molecule has 3 aliphatic heterocycles. The normalized spacial score (nSPS) is 19.5. The molecule has 45 heavy (non-hydrogen) atoms. The van der Waals surface area contributed by atoms with Crippen molar-refractivity contribution in [3.63, 3.8) is 0 Å². The number of H-pyrrole nitrogens is 1. The number of nitrogens with zero attached hydrogens (tertiary/aromatic N) is 2. The zero-order chi connectivity index (χ0) is 31.9. The molecule has 0 aliphatic carbocycles. The van der Waals surface area contributed by atoms with Gasteiger partial charge in [0.1, 0.15) is 0 Å². The van der Waals surface area contributed by atoms with E-state index < -0.39 is 9.84 Å². The number of halogens is 2. The summed E-state index contributed by atoms with van der Waals surface area (Å²) in [7, 11) is -3.82. The number of amides is 2. The highest BCUT2D eigenvalue weighted by Gasteiger charge is 2.31. The van der Waals surface area contributed by atoms with E-state index in [9.17, 15) is 18.0 Å².